The van der Waals surface area contributed by atoms with E-state index in [4.69, 9.17) is 9.47 Å². The second-order valence-corrected chi connectivity index (χ2v) is 4.67. The molecule has 1 rings (SSSR count). The molecule has 0 aliphatic rings. The standard InChI is InChI=1S/C13H25N5O3/c1-11(13(19)15-5-4-7-20-2)18-10-12(16-17-18)9-14-6-8-21-3/h10-11,14H,4-9H2,1-3H3,(H,15,19). The molecule has 0 fully saturated rings. The molecule has 8 nitrogen and oxygen atoms in total. The van der Waals surface area contributed by atoms with Crippen molar-refractivity contribution in [3.05, 3.63) is 11.9 Å². The van der Waals surface area contributed by atoms with Crippen molar-refractivity contribution in [2.75, 3.05) is 40.5 Å². The van der Waals surface area contributed by atoms with Crippen LogP contribution in [0, 0.1) is 0 Å². The first-order chi connectivity index (χ1) is 10.2. The molecule has 2 N–H and O–H groups in total. The minimum Gasteiger partial charge on any atom is -0.385 e. The smallest absolute Gasteiger partial charge is 0.244 e. The number of nitrogens with one attached hydrogen (secondary N) is 2. The average molecular weight is 299 g/mol. The van der Waals surface area contributed by atoms with E-state index in [0.717, 1.165) is 18.7 Å². The molecular formula is C13H25N5O3. The van der Waals surface area contributed by atoms with Gasteiger partial charge in [0.1, 0.15) is 6.04 Å². The first-order valence-corrected chi connectivity index (χ1v) is 7.06. The van der Waals surface area contributed by atoms with Gasteiger partial charge in [0.25, 0.3) is 0 Å². The molecule has 0 aromatic carbocycles. The van der Waals surface area contributed by atoms with Crippen molar-refractivity contribution in [1.29, 1.82) is 0 Å². The zero-order chi connectivity index (χ0) is 15.5. The number of nitrogens with zero attached hydrogens (tertiary/aromatic N) is 3. The summed E-state index contributed by atoms with van der Waals surface area (Å²) in [5.41, 5.74) is 0.796. The second kappa shape index (κ2) is 10.3. The molecule has 1 atom stereocenters. The Bertz CT molecular complexity index is 410. The van der Waals surface area contributed by atoms with Crippen LogP contribution >= 0.6 is 0 Å². The summed E-state index contributed by atoms with van der Waals surface area (Å²) < 4.78 is 11.4. The Kier molecular flexibility index (Phi) is 8.56. The minimum absolute atomic E-state index is 0.0742. The fourth-order valence-corrected chi connectivity index (χ4v) is 1.67. The normalized spacial score (nSPS) is 12.3. The lowest BCUT2D eigenvalue weighted by molar-refractivity contribution is -0.124. The predicted octanol–water partition coefficient (Wildman–Crippen LogP) is -0.272. The van der Waals surface area contributed by atoms with Crippen molar-refractivity contribution in [2.24, 2.45) is 0 Å². The van der Waals surface area contributed by atoms with Crippen molar-refractivity contribution in [1.82, 2.24) is 25.6 Å². The lowest BCUT2D eigenvalue weighted by Gasteiger charge is -2.11. The van der Waals surface area contributed by atoms with Crippen LogP contribution in [0.5, 0.6) is 0 Å². The lowest BCUT2D eigenvalue weighted by atomic mass is 10.3. The van der Waals surface area contributed by atoms with Crippen LogP contribution in [0.2, 0.25) is 0 Å². The van der Waals surface area contributed by atoms with Gasteiger partial charge in [0.2, 0.25) is 5.91 Å². The van der Waals surface area contributed by atoms with Crippen molar-refractivity contribution >= 4 is 5.91 Å². The van der Waals surface area contributed by atoms with Gasteiger partial charge in [-0.3, -0.25) is 4.79 Å². The van der Waals surface area contributed by atoms with Gasteiger partial charge in [-0.05, 0) is 13.3 Å². The molecule has 0 aliphatic heterocycles. The molecule has 1 aromatic heterocycles. The first kappa shape index (κ1) is 17.5. The van der Waals surface area contributed by atoms with Gasteiger partial charge in [-0.15, -0.1) is 5.10 Å². The van der Waals surface area contributed by atoms with Crippen molar-refractivity contribution in [3.8, 4) is 0 Å². The van der Waals surface area contributed by atoms with Crippen LogP contribution in [0.3, 0.4) is 0 Å². The molecule has 0 radical (unpaired) electrons. The van der Waals surface area contributed by atoms with E-state index in [0.29, 0.717) is 26.3 Å². The summed E-state index contributed by atoms with van der Waals surface area (Å²) in [5.74, 6) is -0.0742. The number of carbonyl (C=O) groups excluding carboxylic acids is 1. The summed E-state index contributed by atoms with van der Waals surface area (Å²) in [5, 5.41) is 14.0. The van der Waals surface area contributed by atoms with Gasteiger partial charge in [-0.2, -0.15) is 0 Å². The van der Waals surface area contributed by atoms with Gasteiger partial charge in [-0.25, -0.2) is 4.68 Å². The van der Waals surface area contributed by atoms with Crippen LogP contribution in [0.15, 0.2) is 6.20 Å². The molecule has 8 heteroatoms. The Labute approximate surface area is 125 Å². The number of aromatic nitrogens is 3. The van der Waals surface area contributed by atoms with E-state index in [2.05, 4.69) is 20.9 Å². The first-order valence-electron chi connectivity index (χ1n) is 7.06. The summed E-state index contributed by atoms with van der Waals surface area (Å²) in [6, 6.07) is -0.382. The predicted molar refractivity (Wildman–Crippen MR) is 77.8 cm³/mol. The monoisotopic (exact) mass is 299 g/mol. The summed E-state index contributed by atoms with van der Waals surface area (Å²) >= 11 is 0. The SMILES string of the molecule is COCCCNC(=O)C(C)n1cc(CNCCOC)nn1. The van der Waals surface area contributed by atoms with Crippen LogP contribution in [0.4, 0.5) is 0 Å². The summed E-state index contributed by atoms with van der Waals surface area (Å²) in [6.07, 6.45) is 2.57. The maximum atomic E-state index is 11.9. The number of carbonyl (C=O) groups is 1. The molecule has 1 amide bonds. The largest absolute Gasteiger partial charge is 0.385 e. The van der Waals surface area contributed by atoms with Crippen LogP contribution in [-0.2, 0) is 20.8 Å². The van der Waals surface area contributed by atoms with E-state index < -0.39 is 0 Å². The Morgan fingerprint density at radius 2 is 2.10 bits per heavy atom. The number of rotatable bonds is 11. The van der Waals surface area contributed by atoms with Crippen LogP contribution in [0.25, 0.3) is 0 Å². The summed E-state index contributed by atoms with van der Waals surface area (Å²) in [6.45, 7) is 5.02. The molecule has 120 valence electrons. The molecule has 0 aliphatic carbocycles. The highest BCUT2D eigenvalue weighted by Crippen LogP contribution is 2.04. The highest BCUT2D eigenvalue weighted by atomic mass is 16.5. The van der Waals surface area contributed by atoms with E-state index in [-0.39, 0.29) is 11.9 Å². The highest BCUT2D eigenvalue weighted by molar-refractivity contribution is 5.79. The fraction of sp³-hybridized carbons (Fsp3) is 0.769. The highest BCUT2D eigenvalue weighted by Gasteiger charge is 2.16. The lowest BCUT2D eigenvalue weighted by Crippen LogP contribution is -2.32. The van der Waals surface area contributed by atoms with Crippen molar-refractivity contribution < 1.29 is 14.3 Å². The maximum Gasteiger partial charge on any atom is 0.244 e. The number of methoxy groups -OCH3 is 2. The Hall–Kier alpha value is -1.51. The van der Waals surface area contributed by atoms with E-state index in [1.54, 1.807) is 32.0 Å². The zero-order valence-electron chi connectivity index (χ0n) is 13.0. The number of hydrogen-bond donors (Lipinski definition) is 2. The third kappa shape index (κ3) is 6.65. The van der Waals surface area contributed by atoms with Crippen molar-refractivity contribution in [2.45, 2.75) is 25.9 Å². The number of hydrogen-bond acceptors (Lipinski definition) is 6. The topological polar surface area (TPSA) is 90.3 Å². The number of ether oxygens (including phenoxy) is 2. The Morgan fingerprint density at radius 1 is 1.33 bits per heavy atom. The van der Waals surface area contributed by atoms with Gasteiger partial charge >= 0.3 is 0 Å². The van der Waals surface area contributed by atoms with Crippen molar-refractivity contribution in [3.63, 3.8) is 0 Å². The molecule has 1 aromatic rings. The Morgan fingerprint density at radius 3 is 2.81 bits per heavy atom. The van der Waals surface area contributed by atoms with Gasteiger partial charge in [0.05, 0.1) is 18.5 Å². The van der Waals surface area contributed by atoms with E-state index in [1.807, 2.05) is 0 Å². The van der Waals surface area contributed by atoms with Gasteiger partial charge in [0, 0.05) is 40.5 Å². The summed E-state index contributed by atoms with van der Waals surface area (Å²) in [7, 11) is 3.30. The average Bonchev–Trinajstić information content (AvgIpc) is 2.96. The van der Waals surface area contributed by atoms with Gasteiger partial charge in [0.15, 0.2) is 0 Å². The molecule has 0 saturated carbocycles. The van der Waals surface area contributed by atoms with E-state index >= 15 is 0 Å². The molecular weight excluding hydrogens is 274 g/mol. The molecule has 0 saturated heterocycles. The van der Waals surface area contributed by atoms with E-state index in [1.165, 1.54) is 0 Å². The molecule has 1 heterocycles. The second-order valence-electron chi connectivity index (χ2n) is 4.67. The van der Waals surface area contributed by atoms with Crippen LogP contribution < -0.4 is 10.6 Å². The molecule has 0 bridgehead atoms. The van der Waals surface area contributed by atoms with Crippen LogP contribution in [0.1, 0.15) is 25.1 Å². The third-order valence-electron chi connectivity index (χ3n) is 2.95. The van der Waals surface area contributed by atoms with E-state index in [9.17, 15) is 4.79 Å². The van der Waals surface area contributed by atoms with Gasteiger partial charge in [-0.1, -0.05) is 5.21 Å². The summed E-state index contributed by atoms with van der Waals surface area (Å²) in [4.78, 5) is 11.9. The maximum absolute atomic E-state index is 11.9. The van der Waals surface area contributed by atoms with Gasteiger partial charge < -0.3 is 20.1 Å². The molecule has 0 spiro atoms. The number of amides is 1. The van der Waals surface area contributed by atoms with Crippen LogP contribution in [-0.4, -0.2) is 61.4 Å². The molecule has 21 heavy (non-hydrogen) atoms. The molecule has 1 unspecified atom stereocenters. The minimum atomic E-state index is -0.382. The quantitative estimate of drug-likeness (QED) is 0.547. The zero-order valence-corrected chi connectivity index (χ0v) is 13.0. The fourth-order valence-electron chi connectivity index (χ4n) is 1.67. The Balaban J connectivity index is 2.34. The third-order valence-corrected chi connectivity index (χ3v) is 2.95.